The van der Waals surface area contributed by atoms with Crippen LogP contribution in [0, 0.1) is 5.41 Å². The van der Waals surface area contributed by atoms with Gasteiger partial charge in [0.15, 0.2) is 0 Å². The van der Waals surface area contributed by atoms with Crippen molar-refractivity contribution in [3.8, 4) is 0 Å². The largest absolute Gasteiger partial charge is 0.481 e. The first-order valence-electron chi connectivity index (χ1n) is 6.47. The quantitative estimate of drug-likeness (QED) is 0.812. The summed E-state index contributed by atoms with van der Waals surface area (Å²) in [5, 5.41) is 11.8. The highest BCUT2D eigenvalue weighted by atomic mass is 79.9. The molecule has 1 aromatic carbocycles. The number of benzene rings is 1. The Morgan fingerprint density at radius 1 is 1.40 bits per heavy atom. The maximum atomic E-state index is 11.7. The fourth-order valence-electron chi connectivity index (χ4n) is 2.17. The van der Waals surface area contributed by atoms with Gasteiger partial charge in [0.2, 0.25) is 5.91 Å². The summed E-state index contributed by atoms with van der Waals surface area (Å²) in [5.74, 6) is -1.09. The van der Waals surface area contributed by atoms with E-state index in [9.17, 15) is 9.59 Å². The molecule has 2 rings (SSSR count). The summed E-state index contributed by atoms with van der Waals surface area (Å²) in [6.45, 7) is 0.198. The molecule has 0 spiro atoms. The first-order chi connectivity index (χ1) is 9.52. The molecule has 4 nitrogen and oxygen atoms in total. The van der Waals surface area contributed by atoms with Crippen LogP contribution < -0.4 is 5.32 Å². The lowest BCUT2D eigenvalue weighted by molar-refractivity contribution is -0.154. The summed E-state index contributed by atoms with van der Waals surface area (Å²) in [7, 11) is 0. The number of carbonyl (C=O) groups is 2. The van der Waals surface area contributed by atoms with E-state index in [2.05, 4.69) is 21.2 Å². The van der Waals surface area contributed by atoms with Crippen molar-refractivity contribution in [1.82, 2.24) is 5.32 Å². The molecule has 1 aromatic rings. The van der Waals surface area contributed by atoms with Crippen molar-refractivity contribution >= 4 is 33.9 Å². The van der Waals surface area contributed by atoms with Gasteiger partial charge in [-0.3, -0.25) is 9.59 Å². The molecule has 0 bridgehead atoms. The van der Waals surface area contributed by atoms with Crippen LogP contribution in [-0.4, -0.2) is 23.5 Å². The maximum Gasteiger partial charge on any atom is 0.311 e. The summed E-state index contributed by atoms with van der Waals surface area (Å²) < 4.78 is 0.944. The Bertz CT molecular complexity index is 550. The molecule has 0 radical (unpaired) electrons. The molecule has 1 amide bonds. The van der Waals surface area contributed by atoms with Gasteiger partial charge in [0.25, 0.3) is 0 Å². The van der Waals surface area contributed by atoms with E-state index in [0.717, 1.165) is 16.5 Å². The van der Waals surface area contributed by atoms with Gasteiger partial charge < -0.3 is 10.4 Å². The lowest BCUT2D eigenvalue weighted by Crippen LogP contribution is -2.47. The number of halogens is 1. The highest BCUT2D eigenvalue weighted by molar-refractivity contribution is 9.10. The van der Waals surface area contributed by atoms with Gasteiger partial charge in [-0.25, -0.2) is 0 Å². The van der Waals surface area contributed by atoms with Crippen molar-refractivity contribution in [2.24, 2.45) is 5.41 Å². The highest BCUT2D eigenvalue weighted by Crippen LogP contribution is 2.40. The van der Waals surface area contributed by atoms with E-state index in [1.54, 1.807) is 6.08 Å². The van der Waals surface area contributed by atoms with Crippen LogP contribution in [0.5, 0.6) is 0 Å². The number of rotatable bonds is 5. The van der Waals surface area contributed by atoms with Crippen LogP contribution in [0.25, 0.3) is 6.08 Å². The molecule has 0 unspecified atom stereocenters. The van der Waals surface area contributed by atoms with Gasteiger partial charge in [-0.1, -0.05) is 34.5 Å². The summed E-state index contributed by atoms with van der Waals surface area (Å²) in [5.41, 5.74) is 0.158. The summed E-state index contributed by atoms with van der Waals surface area (Å²) in [6.07, 6.45) is 5.32. The van der Waals surface area contributed by atoms with E-state index in [0.29, 0.717) is 12.8 Å². The van der Waals surface area contributed by atoms with Gasteiger partial charge in [0.05, 0.1) is 5.41 Å². The predicted octanol–water partition coefficient (Wildman–Crippen LogP) is 2.83. The Balaban J connectivity index is 1.88. The molecule has 0 aromatic heterocycles. The fraction of sp³-hybridized carbons (Fsp3) is 0.333. The Labute approximate surface area is 126 Å². The monoisotopic (exact) mass is 337 g/mol. The molecule has 1 aliphatic carbocycles. The van der Waals surface area contributed by atoms with Crippen molar-refractivity contribution in [2.75, 3.05) is 6.54 Å². The highest BCUT2D eigenvalue weighted by Gasteiger charge is 2.44. The van der Waals surface area contributed by atoms with Crippen molar-refractivity contribution in [3.63, 3.8) is 0 Å². The molecule has 106 valence electrons. The standard InChI is InChI=1S/C15H16BrNO3/c16-12-4-1-3-11(9-12)5-6-13(18)17-10-15(14(19)20)7-2-8-15/h1,3-6,9H,2,7-8,10H2,(H,17,18)(H,19,20)/b6-5+. The van der Waals surface area contributed by atoms with Crippen molar-refractivity contribution in [2.45, 2.75) is 19.3 Å². The first-order valence-corrected chi connectivity index (χ1v) is 7.26. The van der Waals surface area contributed by atoms with Crippen molar-refractivity contribution in [3.05, 3.63) is 40.4 Å². The Morgan fingerprint density at radius 2 is 2.15 bits per heavy atom. The zero-order chi connectivity index (χ0) is 14.6. The lowest BCUT2D eigenvalue weighted by Gasteiger charge is -2.37. The Morgan fingerprint density at radius 3 is 2.70 bits per heavy atom. The third kappa shape index (κ3) is 3.48. The number of carbonyl (C=O) groups excluding carboxylic acids is 1. The van der Waals surface area contributed by atoms with Crippen LogP contribution in [-0.2, 0) is 9.59 Å². The van der Waals surface area contributed by atoms with Crippen molar-refractivity contribution in [1.29, 1.82) is 0 Å². The summed E-state index contributed by atoms with van der Waals surface area (Å²) in [4.78, 5) is 22.9. The normalized spacial score (nSPS) is 16.6. The predicted molar refractivity (Wildman–Crippen MR) is 80.1 cm³/mol. The second-order valence-electron chi connectivity index (χ2n) is 5.05. The topological polar surface area (TPSA) is 66.4 Å². The van der Waals surface area contributed by atoms with Gasteiger partial charge in [-0.05, 0) is 36.6 Å². The van der Waals surface area contributed by atoms with Crippen LogP contribution in [0.2, 0.25) is 0 Å². The number of carboxylic acids is 1. The molecular formula is C15H16BrNO3. The van der Waals surface area contributed by atoms with Gasteiger partial charge >= 0.3 is 5.97 Å². The first kappa shape index (κ1) is 14.8. The zero-order valence-electron chi connectivity index (χ0n) is 10.9. The average molecular weight is 338 g/mol. The number of amides is 1. The van der Waals surface area contributed by atoms with Gasteiger partial charge in [0, 0.05) is 17.1 Å². The van der Waals surface area contributed by atoms with E-state index >= 15 is 0 Å². The molecule has 20 heavy (non-hydrogen) atoms. The molecule has 1 fully saturated rings. The average Bonchev–Trinajstić information content (AvgIpc) is 2.34. The maximum absolute atomic E-state index is 11.7. The van der Waals surface area contributed by atoms with Gasteiger partial charge in [0.1, 0.15) is 0 Å². The van der Waals surface area contributed by atoms with E-state index in [4.69, 9.17) is 5.11 Å². The SMILES string of the molecule is O=C(/C=C/c1cccc(Br)c1)NCC1(C(=O)O)CCC1. The number of nitrogens with one attached hydrogen (secondary N) is 1. The van der Waals surface area contributed by atoms with Crippen molar-refractivity contribution < 1.29 is 14.7 Å². The number of aliphatic carboxylic acids is 1. The Kier molecular flexibility index (Phi) is 4.60. The second kappa shape index (κ2) is 6.22. The molecule has 0 saturated heterocycles. The smallest absolute Gasteiger partial charge is 0.311 e. The summed E-state index contributed by atoms with van der Waals surface area (Å²) in [6, 6.07) is 7.58. The molecule has 0 atom stereocenters. The molecule has 1 saturated carbocycles. The van der Waals surface area contributed by atoms with Crippen LogP contribution in [0.4, 0.5) is 0 Å². The fourth-order valence-corrected chi connectivity index (χ4v) is 2.58. The number of hydrogen-bond donors (Lipinski definition) is 2. The third-order valence-electron chi connectivity index (χ3n) is 3.64. The zero-order valence-corrected chi connectivity index (χ0v) is 12.5. The van der Waals surface area contributed by atoms with E-state index < -0.39 is 11.4 Å². The molecule has 0 heterocycles. The molecule has 5 heteroatoms. The van der Waals surface area contributed by atoms with Crippen LogP contribution in [0.15, 0.2) is 34.8 Å². The van der Waals surface area contributed by atoms with Crippen LogP contribution >= 0.6 is 15.9 Å². The molecule has 2 N–H and O–H groups in total. The minimum absolute atomic E-state index is 0.198. The Hall–Kier alpha value is -1.62. The second-order valence-corrected chi connectivity index (χ2v) is 5.96. The van der Waals surface area contributed by atoms with Crippen LogP contribution in [0.3, 0.4) is 0 Å². The summed E-state index contributed by atoms with van der Waals surface area (Å²) >= 11 is 3.36. The van der Waals surface area contributed by atoms with E-state index in [1.807, 2.05) is 24.3 Å². The molecule has 1 aliphatic rings. The molecule has 0 aliphatic heterocycles. The minimum Gasteiger partial charge on any atom is -0.481 e. The van der Waals surface area contributed by atoms with E-state index in [1.165, 1.54) is 6.08 Å². The lowest BCUT2D eigenvalue weighted by atomic mass is 9.69. The number of carboxylic acid groups (broad SMARTS) is 1. The van der Waals surface area contributed by atoms with Gasteiger partial charge in [-0.2, -0.15) is 0 Å². The van der Waals surface area contributed by atoms with Gasteiger partial charge in [-0.15, -0.1) is 0 Å². The third-order valence-corrected chi connectivity index (χ3v) is 4.13. The minimum atomic E-state index is -0.819. The van der Waals surface area contributed by atoms with Crippen LogP contribution in [0.1, 0.15) is 24.8 Å². The molecular weight excluding hydrogens is 322 g/mol. The number of hydrogen-bond acceptors (Lipinski definition) is 2. The van der Waals surface area contributed by atoms with E-state index in [-0.39, 0.29) is 12.5 Å².